The summed E-state index contributed by atoms with van der Waals surface area (Å²) in [6, 6.07) is 0. The molecule has 0 aromatic carbocycles. The van der Waals surface area contributed by atoms with Crippen molar-refractivity contribution in [2.45, 2.75) is 38.9 Å². The fourth-order valence-electron chi connectivity index (χ4n) is 1.52. The van der Waals surface area contributed by atoms with Gasteiger partial charge in [-0.3, -0.25) is 0 Å². The second-order valence-electron chi connectivity index (χ2n) is 4.98. The first-order chi connectivity index (χ1) is 7.42. The van der Waals surface area contributed by atoms with Crippen molar-refractivity contribution >= 4 is 6.09 Å². The number of rotatable bonds is 1. The predicted octanol–water partition coefficient (Wildman–Crippen LogP) is 0.971. The maximum Gasteiger partial charge on any atom is 0.410 e. The van der Waals surface area contributed by atoms with E-state index >= 15 is 0 Å². The van der Waals surface area contributed by atoms with Crippen molar-refractivity contribution in [2.75, 3.05) is 26.2 Å². The minimum atomic E-state index is -0.447. The van der Waals surface area contributed by atoms with Gasteiger partial charge in [0.05, 0.1) is 12.7 Å². The van der Waals surface area contributed by atoms with Crippen LogP contribution in [0.25, 0.3) is 0 Å². The van der Waals surface area contributed by atoms with E-state index in [0.717, 1.165) is 6.42 Å². The summed E-state index contributed by atoms with van der Waals surface area (Å²) in [6.07, 6.45) is 0.566. The second-order valence-corrected chi connectivity index (χ2v) is 4.98. The van der Waals surface area contributed by atoms with Crippen molar-refractivity contribution in [3.05, 3.63) is 0 Å². The molecule has 1 rings (SSSR count). The Morgan fingerprint density at radius 1 is 1.50 bits per heavy atom. The first-order valence-electron chi connectivity index (χ1n) is 5.72. The molecule has 0 aromatic rings. The van der Waals surface area contributed by atoms with Gasteiger partial charge in [-0.15, -0.1) is 0 Å². The highest BCUT2D eigenvalue weighted by molar-refractivity contribution is 5.68. The van der Waals surface area contributed by atoms with Crippen LogP contribution >= 0.6 is 0 Å². The fourth-order valence-corrected chi connectivity index (χ4v) is 1.52. The SMILES string of the molecule is CC(C)(C)OC(=O)N1CCO[C@H](CN)CC1. The Labute approximate surface area is 96.9 Å². The zero-order chi connectivity index (χ0) is 12.2. The Hall–Kier alpha value is -0.810. The van der Waals surface area contributed by atoms with E-state index in [9.17, 15) is 4.79 Å². The minimum absolute atomic E-state index is 0.0624. The number of carbonyl (C=O) groups excluding carboxylic acids is 1. The predicted molar refractivity (Wildman–Crippen MR) is 61.2 cm³/mol. The molecule has 1 saturated heterocycles. The Morgan fingerprint density at radius 3 is 2.75 bits per heavy atom. The Morgan fingerprint density at radius 2 is 2.19 bits per heavy atom. The number of nitrogens with two attached hydrogens (primary N) is 1. The molecule has 1 fully saturated rings. The van der Waals surface area contributed by atoms with Crippen molar-refractivity contribution in [3.63, 3.8) is 0 Å². The Kier molecular flexibility index (Phi) is 4.56. The van der Waals surface area contributed by atoms with Crippen LogP contribution in [0, 0.1) is 0 Å². The summed E-state index contributed by atoms with van der Waals surface area (Å²) in [7, 11) is 0. The monoisotopic (exact) mass is 230 g/mol. The van der Waals surface area contributed by atoms with E-state index in [1.807, 2.05) is 20.8 Å². The number of hydrogen-bond acceptors (Lipinski definition) is 4. The fraction of sp³-hybridized carbons (Fsp3) is 0.909. The maximum atomic E-state index is 11.8. The lowest BCUT2D eigenvalue weighted by Gasteiger charge is -2.26. The summed E-state index contributed by atoms with van der Waals surface area (Å²) < 4.78 is 10.8. The molecule has 94 valence electrons. The molecule has 0 radical (unpaired) electrons. The van der Waals surface area contributed by atoms with Gasteiger partial charge in [-0.1, -0.05) is 0 Å². The van der Waals surface area contributed by atoms with E-state index in [0.29, 0.717) is 26.2 Å². The van der Waals surface area contributed by atoms with Crippen LogP contribution in [0.15, 0.2) is 0 Å². The van der Waals surface area contributed by atoms with Crippen LogP contribution in [-0.2, 0) is 9.47 Å². The third-order valence-corrected chi connectivity index (χ3v) is 2.35. The van der Waals surface area contributed by atoms with Crippen LogP contribution in [0.2, 0.25) is 0 Å². The molecule has 5 heteroatoms. The first kappa shape index (κ1) is 13.3. The summed E-state index contributed by atoms with van der Waals surface area (Å²) in [5.74, 6) is 0. The first-order valence-corrected chi connectivity index (χ1v) is 5.72. The molecule has 0 aromatic heterocycles. The van der Waals surface area contributed by atoms with Crippen molar-refractivity contribution < 1.29 is 14.3 Å². The molecule has 1 aliphatic rings. The quantitative estimate of drug-likeness (QED) is 0.729. The van der Waals surface area contributed by atoms with E-state index < -0.39 is 5.60 Å². The molecule has 0 saturated carbocycles. The highest BCUT2D eigenvalue weighted by atomic mass is 16.6. The van der Waals surface area contributed by atoms with Crippen molar-refractivity contribution in [2.24, 2.45) is 5.73 Å². The largest absolute Gasteiger partial charge is 0.444 e. The second kappa shape index (κ2) is 5.50. The third kappa shape index (κ3) is 4.37. The number of hydrogen-bond donors (Lipinski definition) is 1. The van der Waals surface area contributed by atoms with Gasteiger partial charge in [0, 0.05) is 19.6 Å². The lowest BCUT2D eigenvalue weighted by Crippen LogP contribution is -2.38. The van der Waals surface area contributed by atoms with Crippen LogP contribution in [0.3, 0.4) is 0 Å². The van der Waals surface area contributed by atoms with Crippen LogP contribution in [0.4, 0.5) is 4.79 Å². The summed E-state index contributed by atoms with van der Waals surface area (Å²) >= 11 is 0. The minimum Gasteiger partial charge on any atom is -0.444 e. The Balaban J connectivity index is 2.45. The summed E-state index contributed by atoms with van der Waals surface area (Å²) in [4.78, 5) is 13.5. The van der Waals surface area contributed by atoms with Crippen LogP contribution < -0.4 is 5.73 Å². The summed E-state index contributed by atoms with van der Waals surface area (Å²) in [5, 5.41) is 0. The molecule has 0 unspecified atom stereocenters. The van der Waals surface area contributed by atoms with Crippen molar-refractivity contribution in [3.8, 4) is 0 Å². The average molecular weight is 230 g/mol. The van der Waals surface area contributed by atoms with Crippen LogP contribution in [0.1, 0.15) is 27.2 Å². The highest BCUT2D eigenvalue weighted by Crippen LogP contribution is 2.12. The van der Waals surface area contributed by atoms with Gasteiger partial charge in [0.25, 0.3) is 0 Å². The van der Waals surface area contributed by atoms with Gasteiger partial charge in [-0.05, 0) is 27.2 Å². The molecule has 16 heavy (non-hydrogen) atoms. The van der Waals surface area contributed by atoms with Crippen molar-refractivity contribution in [1.29, 1.82) is 0 Å². The van der Waals surface area contributed by atoms with Crippen LogP contribution in [-0.4, -0.2) is 48.9 Å². The van der Waals surface area contributed by atoms with Crippen molar-refractivity contribution in [1.82, 2.24) is 4.90 Å². The van der Waals surface area contributed by atoms with Crippen LogP contribution in [0.5, 0.6) is 0 Å². The van der Waals surface area contributed by atoms with Gasteiger partial charge in [0.2, 0.25) is 0 Å². The maximum absolute atomic E-state index is 11.8. The van der Waals surface area contributed by atoms with E-state index in [-0.39, 0.29) is 12.2 Å². The third-order valence-electron chi connectivity index (χ3n) is 2.35. The molecule has 0 spiro atoms. The van der Waals surface area contributed by atoms with E-state index in [2.05, 4.69) is 0 Å². The molecule has 1 atom stereocenters. The number of carbonyl (C=O) groups is 1. The zero-order valence-electron chi connectivity index (χ0n) is 10.4. The van der Waals surface area contributed by atoms with Gasteiger partial charge in [-0.2, -0.15) is 0 Å². The molecule has 2 N–H and O–H groups in total. The number of nitrogens with zero attached hydrogens (tertiary/aromatic N) is 1. The molecule has 0 aliphatic carbocycles. The normalized spacial score (nSPS) is 22.8. The van der Waals surface area contributed by atoms with Gasteiger partial charge in [-0.25, -0.2) is 4.79 Å². The molecular weight excluding hydrogens is 208 g/mol. The topological polar surface area (TPSA) is 64.8 Å². The van der Waals surface area contributed by atoms with Gasteiger partial charge >= 0.3 is 6.09 Å². The van der Waals surface area contributed by atoms with E-state index in [1.165, 1.54) is 0 Å². The van der Waals surface area contributed by atoms with E-state index in [1.54, 1.807) is 4.90 Å². The lowest BCUT2D eigenvalue weighted by molar-refractivity contribution is 0.0234. The smallest absolute Gasteiger partial charge is 0.410 e. The highest BCUT2D eigenvalue weighted by Gasteiger charge is 2.24. The number of ether oxygens (including phenoxy) is 2. The summed E-state index contributed by atoms with van der Waals surface area (Å²) in [5.41, 5.74) is 5.09. The summed E-state index contributed by atoms with van der Waals surface area (Å²) in [6.45, 7) is 7.84. The number of amides is 1. The molecule has 1 aliphatic heterocycles. The molecule has 1 amide bonds. The van der Waals surface area contributed by atoms with Gasteiger partial charge in [0.1, 0.15) is 5.60 Å². The van der Waals surface area contributed by atoms with Gasteiger partial charge in [0.15, 0.2) is 0 Å². The average Bonchev–Trinajstić information content (AvgIpc) is 2.39. The standard InChI is InChI=1S/C11H22N2O3/c1-11(2,3)16-10(14)13-5-4-9(8-12)15-7-6-13/h9H,4-8,12H2,1-3H3/t9-/m0/s1. The molecular formula is C11H22N2O3. The molecule has 1 heterocycles. The lowest BCUT2D eigenvalue weighted by atomic mass is 10.2. The molecule has 0 bridgehead atoms. The zero-order valence-corrected chi connectivity index (χ0v) is 10.4. The molecule has 5 nitrogen and oxygen atoms in total. The van der Waals surface area contributed by atoms with Gasteiger partial charge < -0.3 is 20.1 Å². The Bertz CT molecular complexity index is 238. The van der Waals surface area contributed by atoms with E-state index in [4.69, 9.17) is 15.2 Å².